The average Bonchev–Trinajstić information content (AvgIpc) is 3.58. The summed E-state index contributed by atoms with van der Waals surface area (Å²) in [5, 5.41) is 21.8. The molecule has 2 aromatic heterocycles. The fourth-order valence-electron chi connectivity index (χ4n) is 6.73. The third kappa shape index (κ3) is 5.58. The van der Waals surface area contributed by atoms with Gasteiger partial charge in [0.2, 0.25) is 0 Å². The highest BCUT2D eigenvalue weighted by molar-refractivity contribution is 6.04. The normalized spacial score (nSPS) is 16.1. The molecule has 9 heteroatoms. The summed E-state index contributed by atoms with van der Waals surface area (Å²) in [5.41, 5.74) is 6.10. The number of benzene rings is 3. The second kappa shape index (κ2) is 12.8. The van der Waals surface area contributed by atoms with Gasteiger partial charge in [0.1, 0.15) is 11.4 Å². The molecule has 1 saturated heterocycles. The number of para-hydroxylation sites is 1. The number of aromatic carboxylic acids is 1. The Morgan fingerprint density at radius 1 is 0.932 bits per heavy atom. The van der Waals surface area contributed by atoms with Gasteiger partial charge in [0.05, 0.1) is 43.3 Å². The largest absolute Gasteiger partial charge is 0.493 e. The number of carbonyl (C=O) groups is 1. The van der Waals surface area contributed by atoms with E-state index in [4.69, 9.17) is 19.3 Å². The highest BCUT2D eigenvalue weighted by atomic mass is 16.5. The molecule has 0 bridgehead atoms. The molecule has 7 rings (SSSR count). The maximum absolute atomic E-state index is 12.9. The Bertz CT molecular complexity index is 1780. The van der Waals surface area contributed by atoms with E-state index in [0.717, 1.165) is 81.4 Å². The average molecular weight is 595 g/mol. The summed E-state index contributed by atoms with van der Waals surface area (Å²) in [7, 11) is 0. The van der Waals surface area contributed by atoms with Crippen LogP contribution in [-0.4, -0.2) is 70.3 Å². The highest BCUT2D eigenvalue weighted by Crippen LogP contribution is 2.39. The van der Waals surface area contributed by atoms with Crippen LogP contribution in [0.2, 0.25) is 0 Å². The zero-order valence-electron chi connectivity index (χ0n) is 24.9. The molecule has 0 amide bonds. The molecule has 2 N–H and O–H groups in total. The van der Waals surface area contributed by atoms with Gasteiger partial charge in [-0.25, -0.2) is 4.79 Å². The van der Waals surface area contributed by atoms with Crippen molar-refractivity contribution < 1.29 is 24.1 Å². The fourth-order valence-corrected chi connectivity index (χ4v) is 6.73. The maximum Gasteiger partial charge on any atom is 0.352 e. The van der Waals surface area contributed by atoms with Crippen LogP contribution < -0.4 is 4.74 Å². The van der Waals surface area contributed by atoms with Crippen LogP contribution >= 0.6 is 0 Å². The van der Waals surface area contributed by atoms with Gasteiger partial charge in [-0.15, -0.1) is 0 Å². The van der Waals surface area contributed by atoms with Gasteiger partial charge in [0.15, 0.2) is 0 Å². The number of aromatic amines is 1. The number of H-pyrrole nitrogens is 1. The number of fused-ring (bicyclic) bond motifs is 3. The molecule has 44 heavy (non-hydrogen) atoms. The van der Waals surface area contributed by atoms with Crippen molar-refractivity contribution in [3.8, 4) is 16.9 Å². The molecule has 0 saturated carbocycles. The first kappa shape index (κ1) is 28.6. The van der Waals surface area contributed by atoms with E-state index in [1.807, 2.05) is 34.9 Å². The van der Waals surface area contributed by atoms with Crippen LogP contribution in [0, 0.1) is 0 Å². The number of nitrogens with zero attached hydrogens (tertiary/aromatic N) is 3. The number of aryl methyl sites for hydroxylation is 2. The zero-order chi connectivity index (χ0) is 29.9. The van der Waals surface area contributed by atoms with Crippen molar-refractivity contribution in [3.63, 3.8) is 0 Å². The summed E-state index contributed by atoms with van der Waals surface area (Å²) in [5.74, 6) is -0.0487. The molecule has 1 fully saturated rings. The fraction of sp³-hybridized carbons (Fsp3) is 0.371. The molecule has 0 unspecified atom stereocenters. The number of nitrogens with one attached hydrogen (secondary N) is 1. The van der Waals surface area contributed by atoms with Crippen molar-refractivity contribution in [2.45, 2.75) is 45.4 Å². The lowest BCUT2D eigenvalue weighted by Gasteiger charge is -2.26. The van der Waals surface area contributed by atoms with Gasteiger partial charge in [-0.05, 0) is 42.7 Å². The Hall–Kier alpha value is -4.18. The number of rotatable bonds is 8. The van der Waals surface area contributed by atoms with Crippen LogP contribution in [0.4, 0.5) is 0 Å². The minimum Gasteiger partial charge on any atom is -0.493 e. The Morgan fingerprint density at radius 3 is 2.64 bits per heavy atom. The lowest BCUT2D eigenvalue weighted by Crippen LogP contribution is -2.35. The lowest BCUT2D eigenvalue weighted by molar-refractivity contribution is 0.0337. The minimum absolute atomic E-state index is 0.373. The highest BCUT2D eigenvalue weighted by Gasteiger charge is 2.28. The van der Waals surface area contributed by atoms with Crippen LogP contribution in [0.25, 0.3) is 32.8 Å². The molecule has 0 radical (unpaired) electrons. The van der Waals surface area contributed by atoms with E-state index in [0.29, 0.717) is 64.7 Å². The standard InChI is InChI=1S/C35H38N4O5/c40-35(41)34-27(13-7-19-44-31-14-5-9-24-8-1-2-10-25(24)31)26-11-6-12-28-32-29(22-38-16-20-42-21-17-38)36-37-30(32)23-43-18-4-3-15-39(34)33(26)28/h1-2,5-6,8-12,14H,3-4,7,13,15-23H2,(H,36,37)(H,40,41). The molecular weight excluding hydrogens is 556 g/mol. The van der Waals surface area contributed by atoms with Crippen LogP contribution in [0.5, 0.6) is 5.75 Å². The summed E-state index contributed by atoms with van der Waals surface area (Å²) in [6.07, 6.45) is 2.97. The van der Waals surface area contributed by atoms with E-state index in [-0.39, 0.29) is 0 Å². The van der Waals surface area contributed by atoms with E-state index in [1.165, 1.54) is 0 Å². The molecule has 4 heterocycles. The molecule has 2 aliphatic rings. The number of morpholine rings is 1. The van der Waals surface area contributed by atoms with Crippen molar-refractivity contribution in [2.75, 3.05) is 39.5 Å². The molecule has 0 spiro atoms. The Labute approximate surface area is 256 Å². The molecule has 3 aromatic carbocycles. The van der Waals surface area contributed by atoms with E-state index >= 15 is 0 Å². The lowest BCUT2D eigenvalue weighted by atomic mass is 9.98. The SMILES string of the molecule is O=C(O)c1c(CCCOc2cccc3ccccc23)c2cccc3c2n1CCCCOCc1[nH]nc(CN2CCOCC2)c1-3. The summed E-state index contributed by atoms with van der Waals surface area (Å²) < 4.78 is 19.9. The van der Waals surface area contributed by atoms with Crippen molar-refractivity contribution >= 4 is 27.6 Å². The van der Waals surface area contributed by atoms with Gasteiger partial charge >= 0.3 is 5.97 Å². The van der Waals surface area contributed by atoms with Crippen molar-refractivity contribution in [1.82, 2.24) is 19.7 Å². The summed E-state index contributed by atoms with van der Waals surface area (Å²) >= 11 is 0. The smallest absolute Gasteiger partial charge is 0.352 e. The Morgan fingerprint density at radius 2 is 1.75 bits per heavy atom. The number of hydrogen-bond acceptors (Lipinski definition) is 6. The van der Waals surface area contributed by atoms with E-state index < -0.39 is 5.97 Å². The van der Waals surface area contributed by atoms with E-state index in [9.17, 15) is 9.90 Å². The molecule has 2 aliphatic heterocycles. The maximum atomic E-state index is 12.9. The predicted molar refractivity (Wildman–Crippen MR) is 169 cm³/mol. The van der Waals surface area contributed by atoms with Gasteiger partial charge in [-0.3, -0.25) is 10.00 Å². The second-order valence-corrected chi connectivity index (χ2v) is 11.6. The molecule has 5 aromatic rings. The number of carboxylic acids is 1. The van der Waals surface area contributed by atoms with Gasteiger partial charge in [-0.2, -0.15) is 5.10 Å². The van der Waals surface area contributed by atoms with Gasteiger partial charge in [0, 0.05) is 54.7 Å². The number of aromatic nitrogens is 3. The van der Waals surface area contributed by atoms with E-state index in [2.05, 4.69) is 40.3 Å². The summed E-state index contributed by atoms with van der Waals surface area (Å²) in [6.45, 7) is 5.97. The first-order valence-electron chi connectivity index (χ1n) is 15.6. The Balaban J connectivity index is 1.26. The van der Waals surface area contributed by atoms with Gasteiger partial charge in [0.25, 0.3) is 0 Å². The van der Waals surface area contributed by atoms with Crippen molar-refractivity contribution in [1.29, 1.82) is 0 Å². The summed E-state index contributed by atoms with van der Waals surface area (Å²) in [6, 6.07) is 20.5. The van der Waals surface area contributed by atoms with Crippen molar-refractivity contribution in [3.05, 3.63) is 83.3 Å². The minimum atomic E-state index is -0.899. The second-order valence-electron chi connectivity index (χ2n) is 11.6. The first-order chi connectivity index (χ1) is 21.7. The number of hydrogen-bond donors (Lipinski definition) is 2. The zero-order valence-corrected chi connectivity index (χ0v) is 24.9. The van der Waals surface area contributed by atoms with Crippen LogP contribution in [-0.2, 0) is 35.6 Å². The van der Waals surface area contributed by atoms with Crippen LogP contribution in [0.3, 0.4) is 0 Å². The monoisotopic (exact) mass is 594 g/mol. The third-order valence-electron chi connectivity index (χ3n) is 8.80. The number of carboxylic acid groups (broad SMARTS) is 1. The third-order valence-corrected chi connectivity index (χ3v) is 8.80. The predicted octanol–water partition coefficient (Wildman–Crippen LogP) is 6.04. The number of ether oxygens (including phenoxy) is 3. The summed E-state index contributed by atoms with van der Waals surface area (Å²) in [4.78, 5) is 15.3. The van der Waals surface area contributed by atoms with Crippen molar-refractivity contribution in [2.24, 2.45) is 0 Å². The van der Waals surface area contributed by atoms with Crippen LogP contribution in [0.15, 0.2) is 60.7 Å². The topological polar surface area (TPSA) is 102 Å². The van der Waals surface area contributed by atoms with E-state index in [1.54, 1.807) is 0 Å². The molecular formula is C35H38N4O5. The van der Waals surface area contributed by atoms with Gasteiger partial charge < -0.3 is 23.9 Å². The molecule has 228 valence electrons. The van der Waals surface area contributed by atoms with Crippen LogP contribution in [0.1, 0.15) is 46.7 Å². The first-order valence-corrected chi connectivity index (χ1v) is 15.6. The Kier molecular flexibility index (Phi) is 8.33. The van der Waals surface area contributed by atoms with Gasteiger partial charge in [-0.1, -0.05) is 54.6 Å². The quantitative estimate of drug-likeness (QED) is 0.211. The molecule has 9 nitrogen and oxygen atoms in total. The molecule has 0 aliphatic carbocycles. The molecule has 0 atom stereocenters.